The number of amides is 1. The minimum absolute atomic E-state index is 0.0823. The molecule has 1 amide bonds. The van der Waals surface area contributed by atoms with Crippen molar-refractivity contribution in [1.82, 2.24) is 5.32 Å². The molecule has 0 aliphatic carbocycles. The summed E-state index contributed by atoms with van der Waals surface area (Å²) in [6, 6.07) is 0. The molecule has 0 unspecified atom stereocenters. The standard InChI is InChI=1S/C25H45NO10/c1-13-10-25(32-8,36-15(3)14(13)2)20(28)22(29)26-23-19-18(33-12-34-23)21(31-7)24(4,5)17(35-19)9-16(11-27)30-6/h13-21,23,27-28H,9-12H2,1-8H3,(H,26,29)/t13-,14-,15-,16-,17-,18+,19+,20-,21-,23-,25-/m1/s1. The Morgan fingerprint density at radius 3 is 2.39 bits per heavy atom. The molecule has 0 spiro atoms. The van der Waals surface area contributed by atoms with Crippen molar-refractivity contribution in [3.63, 3.8) is 0 Å². The Morgan fingerprint density at radius 1 is 1.14 bits per heavy atom. The van der Waals surface area contributed by atoms with Gasteiger partial charge in [0.1, 0.15) is 19.0 Å². The van der Waals surface area contributed by atoms with Crippen molar-refractivity contribution in [3.8, 4) is 0 Å². The van der Waals surface area contributed by atoms with Gasteiger partial charge < -0.3 is 48.7 Å². The molecular formula is C25H45NO10. The summed E-state index contributed by atoms with van der Waals surface area (Å²) in [6.45, 7) is 9.81. The monoisotopic (exact) mass is 519 g/mol. The van der Waals surface area contributed by atoms with Gasteiger partial charge in [0.2, 0.25) is 5.79 Å². The average Bonchev–Trinajstić information content (AvgIpc) is 2.85. The summed E-state index contributed by atoms with van der Waals surface area (Å²) in [4.78, 5) is 13.3. The topological polar surface area (TPSA) is 134 Å². The van der Waals surface area contributed by atoms with E-state index in [1.807, 2.05) is 20.8 Å². The first-order valence-corrected chi connectivity index (χ1v) is 12.7. The molecule has 3 saturated heterocycles. The molecule has 11 heteroatoms. The number of ether oxygens (including phenoxy) is 7. The molecular weight excluding hydrogens is 474 g/mol. The second-order valence-electron chi connectivity index (χ2n) is 11.0. The fourth-order valence-electron chi connectivity index (χ4n) is 5.74. The molecule has 3 fully saturated rings. The van der Waals surface area contributed by atoms with E-state index >= 15 is 0 Å². The van der Waals surface area contributed by atoms with E-state index in [1.165, 1.54) is 14.2 Å². The lowest BCUT2D eigenvalue weighted by molar-refractivity contribution is -0.334. The van der Waals surface area contributed by atoms with Crippen molar-refractivity contribution < 1.29 is 48.2 Å². The van der Waals surface area contributed by atoms with E-state index in [4.69, 9.17) is 33.2 Å². The zero-order valence-electron chi connectivity index (χ0n) is 22.8. The maximum absolute atomic E-state index is 13.3. The molecule has 3 aliphatic rings. The molecule has 0 bridgehead atoms. The SMILES string of the molecule is CO[C@@H](CO)C[C@H]1O[C@H]2[C@H](OCO[C@H]2NC(=O)[C@@H](O)[C@@]2(OC)C[C@@H](C)[C@@H](C)[C@@H](C)O2)[C@@H](OC)C1(C)C. The Labute approximate surface area is 214 Å². The van der Waals surface area contributed by atoms with Gasteiger partial charge in [-0.3, -0.25) is 4.79 Å². The third kappa shape index (κ3) is 5.60. The lowest BCUT2D eigenvalue weighted by Crippen LogP contribution is -2.69. The Balaban J connectivity index is 1.79. The number of carbonyl (C=O) groups is 1. The molecule has 0 radical (unpaired) electrons. The lowest BCUT2D eigenvalue weighted by atomic mass is 9.72. The van der Waals surface area contributed by atoms with Crippen LogP contribution in [0.4, 0.5) is 0 Å². The molecule has 210 valence electrons. The van der Waals surface area contributed by atoms with Crippen LogP contribution in [0.3, 0.4) is 0 Å². The smallest absolute Gasteiger partial charge is 0.256 e. The van der Waals surface area contributed by atoms with Crippen LogP contribution in [0, 0.1) is 17.3 Å². The van der Waals surface area contributed by atoms with Crippen molar-refractivity contribution in [3.05, 3.63) is 0 Å². The zero-order valence-corrected chi connectivity index (χ0v) is 22.8. The number of fused-ring (bicyclic) bond motifs is 1. The van der Waals surface area contributed by atoms with Gasteiger partial charge >= 0.3 is 0 Å². The summed E-state index contributed by atoms with van der Waals surface area (Å²) in [7, 11) is 4.57. The minimum Gasteiger partial charge on any atom is -0.394 e. The minimum atomic E-state index is -1.59. The highest BCUT2D eigenvalue weighted by atomic mass is 16.7. The van der Waals surface area contributed by atoms with Crippen LogP contribution in [-0.4, -0.2) is 106 Å². The molecule has 11 nitrogen and oxygen atoms in total. The summed E-state index contributed by atoms with van der Waals surface area (Å²) >= 11 is 0. The number of nitrogens with one attached hydrogen (secondary N) is 1. The van der Waals surface area contributed by atoms with E-state index < -0.39 is 53.9 Å². The Kier molecular flexibility index (Phi) is 9.79. The third-order valence-corrected chi connectivity index (χ3v) is 8.51. The van der Waals surface area contributed by atoms with Gasteiger partial charge in [-0.2, -0.15) is 0 Å². The van der Waals surface area contributed by atoms with Crippen molar-refractivity contribution in [2.45, 2.75) is 102 Å². The molecule has 3 aliphatic heterocycles. The van der Waals surface area contributed by atoms with E-state index in [-0.39, 0.29) is 37.4 Å². The summed E-state index contributed by atoms with van der Waals surface area (Å²) in [5, 5.41) is 23.5. The van der Waals surface area contributed by atoms with Gasteiger partial charge in [0.05, 0.1) is 31.0 Å². The van der Waals surface area contributed by atoms with Gasteiger partial charge in [0, 0.05) is 39.6 Å². The largest absolute Gasteiger partial charge is 0.394 e. The molecule has 11 atom stereocenters. The van der Waals surface area contributed by atoms with E-state index in [2.05, 4.69) is 19.2 Å². The quantitative estimate of drug-likeness (QED) is 0.401. The van der Waals surface area contributed by atoms with E-state index in [1.54, 1.807) is 7.11 Å². The first kappa shape index (κ1) is 29.7. The van der Waals surface area contributed by atoms with Gasteiger partial charge in [0.25, 0.3) is 5.91 Å². The highest BCUT2D eigenvalue weighted by molar-refractivity contribution is 5.82. The van der Waals surface area contributed by atoms with Gasteiger partial charge in [-0.25, -0.2) is 0 Å². The van der Waals surface area contributed by atoms with Gasteiger partial charge in [-0.1, -0.05) is 27.7 Å². The molecule has 3 rings (SSSR count). The number of hydrogen-bond acceptors (Lipinski definition) is 10. The van der Waals surface area contributed by atoms with E-state index in [0.29, 0.717) is 12.8 Å². The van der Waals surface area contributed by atoms with Crippen LogP contribution in [0.5, 0.6) is 0 Å². The first-order valence-electron chi connectivity index (χ1n) is 12.7. The second kappa shape index (κ2) is 11.9. The van der Waals surface area contributed by atoms with E-state index in [0.717, 1.165) is 0 Å². The van der Waals surface area contributed by atoms with Gasteiger partial charge in [-0.05, 0) is 18.8 Å². The van der Waals surface area contributed by atoms with Crippen molar-refractivity contribution in [2.75, 3.05) is 34.7 Å². The number of methoxy groups -OCH3 is 3. The first-order chi connectivity index (χ1) is 16.9. The van der Waals surface area contributed by atoms with Crippen LogP contribution < -0.4 is 5.32 Å². The normalized spacial score (nSPS) is 42.3. The highest BCUT2D eigenvalue weighted by Gasteiger charge is 2.57. The Hall–Kier alpha value is -0.890. The number of carbonyl (C=O) groups excluding carboxylic acids is 1. The second-order valence-corrected chi connectivity index (χ2v) is 11.0. The molecule has 36 heavy (non-hydrogen) atoms. The van der Waals surface area contributed by atoms with Crippen LogP contribution in [0.1, 0.15) is 47.5 Å². The van der Waals surface area contributed by atoms with Crippen molar-refractivity contribution in [1.29, 1.82) is 0 Å². The fourth-order valence-corrected chi connectivity index (χ4v) is 5.74. The molecule has 3 heterocycles. The van der Waals surface area contributed by atoms with Crippen molar-refractivity contribution >= 4 is 5.91 Å². The molecule has 0 aromatic carbocycles. The summed E-state index contributed by atoms with van der Waals surface area (Å²) in [5.74, 6) is -1.74. The number of rotatable bonds is 9. The predicted molar refractivity (Wildman–Crippen MR) is 128 cm³/mol. The van der Waals surface area contributed by atoms with Crippen LogP contribution >= 0.6 is 0 Å². The maximum atomic E-state index is 13.3. The number of aliphatic hydroxyl groups excluding tert-OH is 2. The van der Waals surface area contributed by atoms with Gasteiger partial charge in [0.15, 0.2) is 12.3 Å². The maximum Gasteiger partial charge on any atom is 0.256 e. The van der Waals surface area contributed by atoms with Crippen LogP contribution in [0.25, 0.3) is 0 Å². The molecule has 0 saturated carbocycles. The molecule has 3 N–H and O–H groups in total. The number of aliphatic hydroxyl groups is 2. The fraction of sp³-hybridized carbons (Fsp3) is 0.960. The van der Waals surface area contributed by atoms with Crippen LogP contribution in [0.2, 0.25) is 0 Å². The predicted octanol–water partition coefficient (Wildman–Crippen LogP) is 0.792. The Bertz CT molecular complexity index is 720. The third-order valence-electron chi connectivity index (χ3n) is 8.51. The summed E-state index contributed by atoms with van der Waals surface area (Å²) in [6.07, 6.45) is -4.41. The number of hydrogen-bond donors (Lipinski definition) is 3. The molecule has 0 aromatic heterocycles. The highest BCUT2D eigenvalue weighted by Crippen LogP contribution is 2.44. The van der Waals surface area contributed by atoms with Crippen LogP contribution in [0.15, 0.2) is 0 Å². The van der Waals surface area contributed by atoms with E-state index in [9.17, 15) is 15.0 Å². The van der Waals surface area contributed by atoms with Gasteiger partial charge in [-0.15, -0.1) is 0 Å². The molecule has 0 aromatic rings. The van der Waals surface area contributed by atoms with Crippen LogP contribution in [-0.2, 0) is 38.0 Å². The zero-order chi connectivity index (χ0) is 26.8. The average molecular weight is 520 g/mol. The summed E-state index contributed by atoms with van der Waals surface area (Å²) in [5.41, 5.74) is -0.494. The van der Waals surface area contributed by atoms with Crippen molar-refractivity contribution in [2.24, 2.45) is 17.3 Å². The summed E-state index contributed by atoms with van der Waals surface area (Å²) < 4.78 is 40.9. The Morgan fingerprint density at radius 2 is 1.83 bits per heavy atom. The lowest BCUT2D eigenvalue weighted by Gasteiger charge is -2.54.